The van der Waals surface area contributed by atoms with E-state index < -0.39 is 5.91 Å². The quantitative estimate of drug-likeness (QED) is 0.134. The Bertz CT molecular complexity index is 2580. The van der Waals surface area contributed by atoms with Gasteiger partial charge < -0.3 is 19.6 Å². The molecule has 4 amide bonds. The molecule has 3 aliphatic rings. The number of imide groups is 1. The number of urea groups is 1. The van der Waals surface area contributed by atoms with Crippen LogP contribution in [0, 0.1) is 12.8 Å². The number of carbonyl (C=O) groups excluding carboxylic acids is 3. The van der Waals surface area contributed by atoms with Gasteiger partial charge in [-0.25, -0.2) is 9.78 Å². The molecule has 0 aliphatic carbocycles. The molecule has 3 N–H and O–H groups in total. The maximum absolute atomic E-state index is 12.7. The maximum atomic E-state index is 12.7. The molecule has 62 heavy (non-hydrogen) atoms. The Morgan fingerprint density at radius 2 is 1.50 bits per heavy atom. The first-order valence-electron chi connectivity index (χ1n) is 21.6. The minimum atomic E-state index is -0.403. The number of fused-ring (bicyclic) bond motifs is 1. The summed E-state index contributed by atoms with van der Waals surface area (Å²) in [6, 6.07) is 24.9. The van der Waals surface area contributed by atoms with E-state index in [1.54, 1.807) is 4.90 Å². The van der Waals surface area contributed by atoms with E-state index in [2.05, 4.69) is 94.2 Å². The van der Waals surface area contributed by atoms with Crippen molar-refractivity contribution < 1.29 is 18.9 Å². The topological polar surface area (TPSA) is 169 Å². The molecule has 3 aliphatic heterocycles. The van der Waals surface area contributed by atoms with Gasteiger partial charge in [0.25, 0.3) is 0 Å². The second-order valence-corrected chi connectivity index (χ2v) is 17.7. The highest BCUT2D eigenvalue weighted by Gasteiger charge is 2.27. The van der Waals surface area contributed by atoms with Gasteiger partial charge in [-0.1, -0.05) is 50.2 Å². The first kappa shape index (κ1) is 40.8. The average Bonchev–Trinajstić information content (AvgIpc) is 3.96. The molecule has 3 aromatic carbocycles. The third-order valence-electron chi connectivity index (χ3n) is 12.4. The Labute approximate surface area is 360 Å². The smallest absolute Gasteiger partial charge is 0.328 e. The number of hydrogen-bond donors (Lipinski definition) is 3. The number of amides is 4. The molecule has 320 valence electrons. The van der Waals surface area contributed by atoms with E-state index in [0.29, 0.717) is 36.9 Å². The largest absolute Gasteiger partial charge is 0.372 e. The normalized spacial score (nSPS) is 16.9. The summed E-state index contributed by atoms with van der Waals surface area (Å²) in [5.41, 5.74) is 9.59. The van der Waals surface area contributed by atoms with Gasteiger partial charge in [-0.15, -0.1) is 0 Å². The summed E-state index contributed by atoms with van der Waals surface area (Å²) < 4.78 is 5.20. The fourth-order valence-corrected chi connectivity index (χ4v) is 8.64. The van der Waals surface area contributed by atoms with Crippen molar-refractivity contribution in [2.24, 2.45) is 5.92 Å². The minimum absolute atomic E-state index is 0.0420. The second-order valence-electron chi connectivity index (χ2n) is 17.7. The van der Waals surface area contributed by atoms with Crippen LogP contribution in [0.25, 0.3) is 33.4 Å². The number of nitrogens with one attached hydrogen (secondary N) is 3. The van der Waals surface area contributed by atoms with E-state index >= 15 is 0 Å². The Morgan fingerprint density at radius 3 is 2.18 bits per heavy atom. The number of aryl methyl sites for hydroxylation is 1. The third-order valence-corrected chi connectivity index (χ3v) is 12.4. The van der Waals surface area contributed by atoms with Crippen molar-refractivity contribution in [2.45, 2.75) is 58.9 Å². The monoisotopic (exact) mass is 835 g/mol. The van der Waals surface area contributed by atoms with Gasteiger partial charge in [0, 0.05) is 111 Å². The summed E-state index contributed by atoms with van der Waals surface area (Å²) in [5.74, 6) is 0.511. The van der Waals surface area contributed by atoms with E-state index in [-0.39, 0.29) is 23.2 Å². The molecule has 0 bridgehead atoms. The van der Waals surface area contributed by atoms with Crippen molar-refractivity contribution in [3.8, 4) is 22.4 Å². The molecule has 3 aromatic heterocycles. The second kappa shape index (κ2) is 17.0. The lowest BCUT2D eigenvalue weighted by molar-refractivity contribution is -0.120. The van der Waals surface area contributed by atoms with Crippen LogP contribution in [0.3, 0.4) is 0 Å². The van der Waals surface area contributed by atoms with Gasteiger partial charge in [0.05, 0.1) is 5.69 Å². The van der Waals surface area contributed by atoms with E-state index in [4.69, 9.17) is 9.51 Å². The molecule has 15 nitrogen and oxygen atoms in total. The van der Waals surface area contributed by atoms with Crippen LogP contribution in [0.5, 0.6) is 0 Å². The first-order valence-corrected chi connectivity index (χ1v) is 21.6. The van der Waals surface area contributed by atoms with Gasteiger partial charge in [0.2, 0.25) is 5.91 Å². The van der Waals surface area contributed by atoms with Gasteiger partial charge in [-0.05, 0) is 90.9 Å². The summed E-state index contributed by atoms with van der Waals surface area (Å²) in [4.78, 5) is 54.7. The number of pyridine rings is 1. The Morgan fingerprint density at radius 1 is 0.823 bits per heavy atom. The molecular formula is C47H53N11O4. The molecule has 3 saturated heterocycles. The number of hydrogen-bond acceptors (Lipinski definition) is 11. The van der Waals surface area contributed by atoms with Crippen molar-refractivity contribution in [2.75, 3.05) is 67.1 Å². The van der Waals surface area contributed by atoms with Crippen LogP contribution in [0.15, 0.2) is 83.5 Å². The zero-order chi connectivity index (χ0) is 43.0. The number of carbonyl (C=O) groups is 3. The molecule has 6 aromatic rings. The van der Waals surface area contributed by atoms with Crippen molar-refractivity contribution in [3.05, 3.63) is 102 Å². The summed E-state index contributed by atoms with van der Waals surface area (Å²) in [6.07, 6.45) is 4.53. The Kier molecular flexibility index (Phi) is 11.2. The Balaban J connectivity index is 0.759. The SMILES string of the molecule is Cc1cc(-c2[nH]nc3ncc(-c4ccc(N5CCN(CC6CCN(c7ccc(N8CCC(=O)NC8=O)cc7)CC6)CC5)cc4)cc23)ccc1CNC(=O)c1nc(C(C)(C)C)no1. The van der Waals surface area contributed by atoms with Crippen LogP contribution in [0.2, 0.25) is 0 Å². The number of H-pyrrole nitrogens is 1. The maximum Gasteiger partial charge on any atom is 0.328 e. The molecule has 3 fully saturated rings. The van der Waals surface area contributed by atoms with Crippen molar-refractivity contribution >= 4 is 45.9 Å². The van der Waals surface area contributed by atoms with Crippen molar-refractivity contribution in [1.29, 1.82) is 0 Å². The highest BCUT2D eigenvalue weighted by atomic mass is 16.5. The van der Waals surface area contributed by atoms with Crippen LogP contribution in [-0.4, -0.2) is 100 Å². The van der Waals surface area contributed by atoms with Gasteiger partial charge >= 0.3 is 17.8 Å². The highest BCUT2D eigenvalue weighted by Crippen LogP contribution is 2.32. The number of benzene rings is 3. The minimum Gasteiger partial charge on any atom is -0.372 e. The van der Waals surface area contributed by atoms with Crippen LogP contribution in [0.4, 0.5) is 21.9 Å². The number of aromatic amines is 1. The van der Waals surface area contributed by atoms with Gasteiger partial charge in [0.15, 0.2) is 11.5 Å². The number of nitrogens with zero attached hydrogens (tertiary/aromatic N) is 8. The molecule has 0 atom stereocenters. The zero-order valence-electron chi connectivity index (χ0n) is 35.8. The molecular weight excluding hydrogens is 783 g/mol. The summed E-state index contributed by atoms with van der Waals surface area (Å²) in [6.45, 7) is 16.0. The third kappa shape index (κ3) is 8.75. The number of anilines is 3. The fourth-order valence-electron chi connectivity index (χ4n) is 8.64. The van der Waals surface area contributed by atoms with E-state index in [1.807, 2.05) is 58.2 Å². The predicted octanol–water partition coefficient (Wildman–Crippen LogP) is 6.70. The van der Waals surface area contributed by atoms with Crippen molar-refractivity contribution in [1.82, 2.24) is 40.9 Å². The summed E-state index contributed by atoms with van der Waals surface area (Å²) in [5, 5.41) is 17.9. The average molecular weight is 836 g/mol. The van der Waals surface area contributed by atoms with Gasteiger partial charge in [-0.2, -0.15) is 10.1 Å². The lowest BCUT2D eigenvalue weighted by atomic mass is 9.95. The lowest BCUT2D eigenvalue weighted by Gasteiger charge is -2.40. The molecule has 6 heterocycles. The number of rotatable bonds is 10. The van der Waals surface area contributed by atoms with Gasteiger partial charge in [-0.3, -0.25) is 29.8 Å². The predicted molar refractivity (Wildman–Crippen MR) is 239 cm³/mol. The lowest BCUT2D eigenvalue weighted by Crippen LogP contribution is -2.49. The number of aromatic nitrogens is 5. The molecule has 0 radical (unpaired) electrons. The van der Waals surface area contributed by atoms with E-state index in [1.165, 1.54) is 11.4 Å². The fraction of sp³-hybridized carbons (Fsp3) is 0.383. The number of piperidine rings is 1. The van der Waals surface area contributed by atoms with Crippen LogP contribution < -0.4 is 25.3 Å². The summed E-state index contributed by atoms with van der Waals surface area (Å²) >= 11 is 0. The van der Waals surface area contributed by atoms with Crippen LogP contribution >= 0.6 is 0 Å². The molecule has 9 rings (SSSR count). The Hall–Kier alpha value is -6.61. The summed E-state index contributed by atoms with van der Waals surface area (Å²) in [7, 11) is 0. The molecule has 0 spiro atoms. The standard InChI is InChI=1S/C47H53N11O4/c1-30-25-33(5-6-34(30)27-49-43(60)44-51-45(54-62-44)47(2,3)4)41-39-26-35(28-48-42(39)53-52-41)32-7-9-36(10-8-32)57-23-21-55(22-24-57)29-31-15-18-56(19-16-31)37-11-13-38(14-12-37)58-20-17-40(59)50-46(58)61/h5-14,25-26,28,31H,15-24,27,29H2,1-4H3,(H,49,60)(H,48,52,53)(H,50,59,61). The van der Waals surface area contributed by atoms with E-state index in [0.717, 1.165) is 103 Å². The highest BCUT2D eigenvalue weighted by molar-refractivity contribution is 6.05. The van der Waals surface area contributed by atoms with E-state index in [9.17, 15) is 14.4 Å². The molecule has 0 saturated carbocycles. The van der Waals surface area contributed by atoms with Crippen LogP contribution in [-0.2, 0) is 16.8 Å². The molecule has 0 unspecified atom stereocenters. The van der Waals surface area contributed by atoms with Gasteiger partial charge in [0.1, 0.15) is 0 Å². The number of piperazine rings is 1. The van der Waals surface area contributed by atoms with Crippen LogP contribution in [0.1, 0.15) is 67.7 Å². The van der Waals surface area contributed by atoms with Crippen molar-refractivity contribution in [3.63, 3.8) is 0 Å². The first-order chi connectivity index (χ1) is 29.9. The zero-order valence-corrected chi connectivity index (χ0v) is 35.8. The molecule has 15 heteroatoms.